The third-order valence-corrected chi connectivity index (χ3v) is 6.06. The van der Waals surface area contributed by atoms with Gasteiger partial charge < -0.3 is 14.2 Å². The highest BCUT2D eigenvalue weighted by Crippen LogP contribution is 2.28. The van der Waals surface area contributed by atoms with Crippen LogP contribution in [-0.2, 0) is 24.9 Å². The Hall–Kier alpha value is -2.93. The highest BCUT2D eigenvalue weighted by atomic mass is 16.6. The topological polar surface area (TPSA) is 67.1 Å². The van der Waals surface area contributed by atoms with Gasteiger partial charge in [0, 0.05) is 68.9 Å². The van der Waals surface area contributed by atoms with Gasteiger partial charge in [-0.3, -0.25) is 14.7 Å². The zero-order chi connectivity index (χ0) is 23.0. The van der Waals surface area contributed by atoms with Crippen molar-refractivity contribution in [3.63, 3.8) is 0 Å². The molecule has 7 heteroatoms. The van der Waals surface area contributed by atoms with Crippen LogP contribution in [0.25, 0.3) is 11.1 Å². The SMILES string of the molecule is Cc1cc(-c2cn(C)c(=O)c3c2C=NC3)ccc1CN1CCN(C(=O)OC(C)(C)C)CC1. The minimum Gasteiger partial charge on any atom is -0.444 e. The predicted octanol–water partition coefficient (Wildman–Crippen LogP) is 3.35. The molecular weight excluding hydrogens is 404 g/mol. The molecule has 2 aromatic rings. The number of nitrogens with zero attached hydrogens (tertiary/aromatic N) is 4. The first kappa shape index (κ1) is 22.3. The molecule has 0 atom stereocenters. The minimum absolute atomic E-state index is 0.0279. The molecule has 0 unspecified atom stereocenters. The molecule has 1 aromatic carbocycles. The van der Waals surface area contributed by atoms with Crippen molar-refractivity contribution in [2.24, 2.45) is 12.0 Å². The molecule has 2 aliphatic rings. The number of pyridine rings is 1. The molecule has 2 aliphatic heterocycles. The van der Waals surface area contributed by atoms with Gasteiger partial charge in [-0.05, 0) is 44.4 Å². The Balaban J connectivity index is 1.44. The lowest BCUT2D eigenvalue weighted by Gasteiger charge is -2.35. The molecule has 0 saturated carbocycles. The van der Waals surface area contributed by atoms with Gasteiger partial charge in [0.1, 0.15) is 5.60 Å². The number of carbonyl (C=O) groups is 1. The van der Waals surface area contributed by atoms with E-state index in [9.17, 15) is 9.59 Å². The number of aryl methyl sites for hydroxylation is 2. The lowest BCUT2D eigenvalue weighted by Crippen LogP contribution is -2.49. The fourth-order valence-corrected chi connectivity index (χ4v) is 4.27. The molecule has 0 radical (unpaired) electrons. The molecule has 1 amide bonds. The van der Waals surface area contributed by atoms with Crippen molar-refractivity contribution >= 4 is 12.3 Å². The van der Waals surface area contributed by atoms with Crippen LogP contribution in [-0.4, -0.2) is 58.5 Å². The molecule has 32 heavy (non-hydrogen) atoms. The highest BCUT2D eigenvalue weighted by molar-refractivity contribution is 5.93. The Morgan fingerprint density at radius 1 is 1.16 bits per heavy atom. The van der Waals surface area contributed by atoms with E-state index in [-0.39, 0.29) is 11.7 Å². The molecule has 0 bridgehead atoms. The number of carbonyl (C=O) groups excluding carboxylic acids is 1. The second-order valence-electron chi connectivity index (χ2n) is 9.71. The molecule has 4 rings (SSSR count). The standard InChI is InChI=1S/C25H32N4O3/c1-17-12-18(22-16-27(5)23(30)21-14-26-13-20(21)22)6-7-19(17)15-28-8-10-29(11-9-28)24(31)32-25(2,3)4/h6-7,12-13,16H,8-11,14-15H2,1-5H3. The van der Waals surface area contributed by atoms with Crippen LogP contribution in [0.1, 0.15) is 43.0 Å². The molecule has 0 spiro atoms. The molecule has 3 heterocycles. The number of piperazine rings is 1. The molecule has 1 fully saturated rings. The second kappa shape index (κ2) is 8.54. The van der Waals surface area contributed by atoms with Crippen LogP contribution in [0.15, 0.2) is 34.2 Å². The number of aliphatic imine (C=N–C) groups is 1. The zero-order valence-corrected chi connectivity index (χ0v) is 19.6. The van der Waals surface area contributed by atoms with E-state index >= 15 is 0 Å². The van der Waals surface area contributed by atoms with Gasteiger partial charge in [-0.2, -0.15) is 0 Å². The first-order valence-electron chi connectivity index (χ1n) is 11.1. The summed E-state index contributed by atoms with van der Waals surface area (Å²) in [5.74, 6) is 0. The Kier molecular flexibility index (Phi) is 5.95. The van der Waals surface area contributed by atoms with E-state index in [0.29, 0.717) is 19.6 Å². The van der Waals surface area contributed by atoms with Crippen LogP contribution < -0.4 is 5.56 Å². The molecule has 0 aliphatic carbocycles. The van der Waals surface area contributed by atoms with E-state index in [1.165, 1.54) is 11.1 Å². The first-order valence-corrected chi connectivity index (χ1v) is 11.1. The number of hydrogen-bond acceptors (Lipinski definition) is 5. The van der Waals surface area contributed by atoms with Gasteiger partial charge in [-0.25, -0.2) is 4.79 Å². The van der Waals surface area contributed by atoms with Crippen LogP contribution in [0.2, 0.25) is 0 Å². The highest BCUT2D eigenvalue weighted by Gasteiger charge is 2.26. The number of aromatic nitrogens is 1. The fraction of sp³-hybridized carbons (Fsp3) is 0.480. The summed E-state index contributed by atoms with van der Waals surface area (Å²) in [4.78, 5) is 33.1. The van der Waals surface area contributed by atoms with E-state index in [2.05, 4.69) is 35.0 Å². The fourth-order valence-electron chi connectivity index (χ4n) is 4.27. The lowest BCUT2D eigenvalue weighted by atomic mass is 9.96. The number of amides is 1. The van der Waals surface area contributed by atoms with Crippen molar-refractivity contribution in [2.45, 2.75) is 46.4 Å². The van der Waals surface area contributed by atoms with Gasteiger partial charge in [0.2, 0.25) is 0 Å². The van der Waals surface area contributed by atoms with Gasteiger partial charge in [0.25, 0.3) is 5.56 Å². The van der Waals surface area contributed by atoms with Crippen molar-refractivity contribution in [3.8, 4) is 11.1 Å². The van der Waals surface area contributed by atoms with Crippen molar-refractivity contribution < 1.29 is 9.53 Å². The van der Waals surface area contributed by atoms with E-state index in [0.717, 1.165) is 41.9 Å². The maximum atomic E-state index is 12.4. The first-order chi connectivity index (χ1) is 15.1. The Morgan fingerprint density at radius 3 is 2.53 bits per heavy atom. The van der Waals surface area contributed by atoms with Gasteiger partial charge in [0.15, 0.2) is 0 Å². The van der Waals surface area contributed by atoms with E-state index in [1.54, 1.807) is 16.5 Å². The molecule has 1 saturated heterocycles. The molecule has 1 aromatic heterocycles. The summed E-state index contributed by atoms with van der Waals surface area (Å²) < 4.78 is 7.14. The summed E-state index contributed by atoms with van der Waals surface area (Å²) in [7, 11) is 1.79. The van der Waals surface area contributed by atoms with Crippen LogP contribution in [0.4, 0.5) is 4.79 Å². The number of benzene rings is 1. The Morgan fingerprint density at radius 2 is 1.88 bits per heavy atom. The summed E-state index contributed by atoms with van der Waals surface area (Å²) >= 11 is 0. The monoisotopic (exact) mass is 436 g/mol. The normalized spacial score (nSPS) is 16.3. The summed E-state index contributed by atoms with van der Waals surface area (Å²) in [6, 6.07) is 6.50. The zero-order valence-electron chi connectivity index (χ0n) is 19.6. The van der Waals surface area contributed by atoms with Crippen molar-refractivity contribution in [1.82, 2.24) is 14.4 Å². The summed E-state index contributed by atoms with van der Waals surface area (Å²) in [5.41, 5.74) is 5.91. The average molecular weight is 437 g/mol. The van der Waals surface area contributed by atoms with E-state index < -0.39 is 5.60 Å². The van der Waals surface area contributed by atoms with Crippen LogP contribution in [0.5, 0.6) is 0 Å². The molecule has 7 nitrogen and oxygen atoms in total. The van der Waals surface area contributed by atoms with Crippen LogP contribution in [0.3, 0.4) is 0 Å². The minimum atomic E-state index is -0.468. The quantitative estimate of drug-likeness (QED) is 0.740. The summed E-state index contributed by atoms with van der Waals surface area (Å²) in [6.07, 6.45) is 3.49. The van der Waals surface area contributed by atoms with E-state index in [4.69, 9.17) is 4.74 Å². The number of fused-ring (bicyclic) bond motifs is 1. The maximum absolute atomic E-state index is 12.4. The predicted molar refractivity (Wildman–Crippen MR) is 126 cm³/mol. The smallest absolute Gasteiger partial charge is 0.410 e. The number of ether oxygens (including phenoxy) is 1. The molecule has 170 valence electrons. The number of hydrogen-bond donors (Lipinski definition) is 0. The maximum Gasteiger partial charge on any atom is 0.410 e. The molecular formula is C25H32N4O3. The van der Waals surface area contributed by atoms with Gasteiger partial charge in [-0.15, -0.1) is 0 Å². The van der Waals surface area contributed by atoms with Crippen molar-refractivity contribution in [3.05, 3.63) is 57.0 Å². The van der Waals surface area contributed by atoms with Crippen molar-refractivity contribution in [1.29, 1.82) is 0 Å². The Bertz CT molecular complexity index is 1120. The van der Waals surface area contributed by atoms with E-state index in [1.807, 2.05) is 33.2 Å². The Labute approximate surface area is 189 Å². The summed E-state index contributed by atoms with van der Waals surface area (Å²) in [5, 5.41) is 0. The number of rotatable bonds is 3. The van der Waals surface area contributed by atoms with Gasteiger partial charge in [0.05, 0.1) is 6.54 Å². The summed E-state index contributed by atoms with van der Waals surface area (Å²) in [6.45, 7) is 12.1. The lowest BCUT2D eigenvalue weighted by molar-refractivity contribution is 0.0139. The molecule has 0 N–H and O–H groups in total. The average Bonchev–Trinajstić information content (AvgIpc) is 3.22. The van der Waals surface area contributed by atoms with Crippen LogP contribution in [0, 0.1) is 6.92 Å². The van der Waals surface area contributed by atoms with Crippen molar-refractivity contribution in [2.75, 3.05) is 26.2 Å². The third-order valence-electron chi connectivity index (χ3n) is 6.06. The van der Waals surface area contributed by atoms with Gasteiger partial charge >= 0.3 is 6.09 Å². The largest absolute Gasteiger partial charge is 0.444 e. The second-order valence-corrected chi connectivity index (χ2v) is 9.71. The van der Waals surface area contributed by atoms with Crippen LogP contribution >= 0.6 is 0 Å². The van der Waals surface area contributed by atoms with Gasteiger partial charge in [-0.1, -0.05) is 18.2 Å². The third kappa shape index (κ3) is 4.63.